The topological polar surface area (TPSA) is 114 Å². The Balaban J connectivity index is 2.04. The Morgan fingerprint density at radius 2 is 1.94 bits per heavy atom. The van der Waals surface area contributed by atoms with Crippen LogP contribution in [0.1, 0.15) is 31.1 Å². The van der Waals surface area contributed by atoms with Gasteiger partial charge in [0.15, 0.2) is 5.16 Å². The molecule has 0 saturated carbocycles. The number of nitrogens with one attached hydrogen (secondary N) is 1. The minimum Gasteiger partial charge on any atom is -0.465 e. The van der Waals surface area contributed by atoms with Gasteiger partial charge in [0.1, 0.15) is 5.54 Å². The highest BCUT2D eigenvalue weighted by molar-refractivity contribution is 7.99. The molecule has 1 atom stereocenters. The van der Waals surface area contributed by atoms with Gasteiger partial charge >= 0.3 is 5.97 Å². The molecule has 0 bridgehead atoms. The summed E-state index contributed by atoms with van der Waals surface area (Å²) in [5.41, 5.74) is -0.148. The van der Waals surface area contributed by atoms with Gasteiger partial charge in [-0.2, -0.15) is 5.26 Å². The number of carbonyl (C=O) groups excluding carboxylic acids is 2. The largest absolute Gasteiger partial charge is 0.465 e. The van der Waals surface area contributed by atoms with E-state index in [1.165, 1.54) is 23.8 Å². The SMILES string of the molecule is COC(=O)c1ccc2c(=O)n(-c3ccccc3)c(SCC(=O)NC(C)(C#N)C(C)C)nc2c1. The maximum Gasteiger partial charge on any atom is 0.337 e. The minimum absolute atomic E-state index is 0.0501. The van der Waals surface area contributed by atoms with Crippen molar-refractivity contribution in [2.24, 2.45) is 5.92 Å². The Kier molecular flexibility index (Phi) is 7.19. The summed E-state index contributed by atoms with van der Waals surface area (Å²) in [6, 6.07) is 15.7. The van der Waals surface area contributed by atoms with Crippen LogP contribution in [0.25, 0.3) is 16.6 Å². The van der Waals surface area contributed by atoms with E-state index in [1.807, 2.05) is 19.9 Å². The van der Waals surface area contributed by atoms with Crippen molar-refractivity contribution in [1.82, 2.24) is 14.9 Å². The number of esters is 1. The Morgan fingerprint density at radius 3 is 2.55 bits per heavy atom. The van der Waals surface area contributed by atoms with E-state index in [4.69, 9.17) is 4.74 Å². The first-order valence-electron chi connectivity index (χ1n) is 10.3. The third-order valence-corrected chi connectivity index (χ3v) is 6.33. The molecule has 1 heterocycles. The lowest BCUT2D eigenvalue weighted by Crippen LogP contribution is -2.49. The highest BCUT2D eigenvalue weighted by atomic mass is 32.2. The number of rotatable bonds is 7. The van der Waals surface area contributed by atoms with Gasteiger partial charge < -0.3 is 10.1 Å². The number of nitriles is 1. The monoisotopic (exact) mass is 464 g/mol. The van der Waals surface area contributed by atoms with Crippen molar-refractivity contribution in [3.05, 3.63) is 64.4 Å². The Bertz CT molecular complexity index is 1300. The van der Waals surface area contributed by atoms with E-state index in [1.54, 1.807) is 37.3 Å². The zero-order valence-electron chi connectivity index (χ0n) is 18.8. The average molecular weight is 465 g/mol. The highest BCUT2D eigenvalue weighted by Crippen LogP contribution is 2.23. The highest BCUT2D eigenvalue weighted by Gasteiger charge is 2.30. The van der Waals surface area contributed by atoms with E-state index >= 15 is 0 Å². The fourth-order valence-corrected chi connectivity index (χ4v) is 3.88. The molecule has 0 radical (unpaired) electrons. The second-order valence-electron chi connectivity index (χ2n) is 7.90. The lowest BCUT2D eigenvalue weighted by atomic mass is 9.90. The third-order valence-electron chi connectivity index (χ3n) is 5.39. The van der Waals surface area contributed by atoms with Gasteiger partial charge in [0.25, 0.3) is 5.56 Å². The second-order valence-corrected chi connectivity index (χ2v) is 8.84. The van der Waals surface area contributed by atoms with Crippen LogP contribution in [0, 0.1) is 17.2 Å². The van der Waals surface area contributed by atoms with Gasteiger partial charge in [-0.25, -0.2) is 9.78 Å². The smallest absolute Gasteiger partial charge is 0.337 e. The second kappa shape index (κ2) is 9.88. The van der Waals surface area contributed by atoms with Crippen molar-refractivity contribution in [3.8, 4) is 11.8 Å². The molecule has 3 rings (SSSR count). The van der Waals surface area contributed by atoms with Crippen molar-refractivity contribution >= 4 is 34.5 Å². The first-order chi connectivity index (χ1) is 15.7. The quantitative estimate of drug-likeness (QED) is 0.324. The molecule has 33 heavy (non-hydrogen) atoms. The summed E-state index contributed by atoms with van der Waals surface area (Å²) in [7, 11) is 1.28. The molecule has 2 aromatic carbocycles. The molecule has 8 nitrogen and oxygen atoms in total. The number of ether oxygens (including phenoxy) is 1. The third kappa shape index (κ3) is 5.07. The molecule has 0 fully saturated rings. The number of methoxy groups -OCH3 is 1. The van der Waals surface area contributed by atoms with Crippen molar-refractivity contribution in [1.29, 1.82) is 5.26 Å². The van der Waals surface area contributed by atoms with Crippen molar-refractivity contribution in [2.45, 2.75) is 31.5 Å². The normalized spacial score (nSPS) is 12.7. The molecule has 0 aliphatic rings. The number of thioether (sulfide) groups is 1. The Labute approximate surface area is 195 Å². The predicted octanol–water partition coefficient (Wildman–Crippen LogP) is 3.32. The van der Waals surface area contributed by atoms with E-state index < -0.39 is 11.5 Å². The Hall–Kier alpha value is -3.64. The van der Waals surface area contributed by atoms with Gasteiger partial charge in [-0.1, -0.05) is 43.8 Å². The number of amides is 1. The van der Waals surface area contributed by atoms with Crippen molar-refractivity contribution in [2.75, 3.05) is 12.9 Å². The van der Waals surface area contributed by atoms with Gasteiger partial charge in [0.05, 0.1) is 41.1 Å². The summed E-state index contributed by atoms with van der Waals surface area (Å²) < 4.78 is 6.19. The van der Waals surface area contributed by atoms with Crippen LogP contribution in [-0.4, -0.2) is 39.8 Å². The van der Waals surface area contributed by atoms with Crippen LogP contribution in [-0.2, 0) is 9.53 Å². The van der Waals surface area contributed by atoms with Gasteiger partial charge in [-0.15, -0.1) is 0 Å². The van der Waals surface area contributed by atoms with Gasteiger partial charge in [0.2, 0.25) is 5.91 Å². The molecule has 0 saturated heterocycles. The van der Waals surface area contributed by atoms with Gasteiger partial charge in [-0.3, -0.25) is 14.2 Å². The molecule has 0 aliphatic carbocycles. The van der Waals surface area contributed by atoms with Gasteiger partial charge in [-0.05, 0) is 43.2 Å². The summed E-state index contributed by atoms with van der Waals surface area (Å²) >= 11 is 1.08. The number of benzene rings is 2. The summed E-state index contributed by atoms with van der Waals surface area (Å²) in [6.45, 7) is 5.38. The molecule has 170 valence electrons. The van der Waals surface area contributed by atoms with Crippen LogP contribution in [0.4, 0.5) is 0 Å². The van der Waals surface area contributed by atoms with Crippen LogP contribution in [0.5, 0.6) is 0 Å². The lowest BCUT2D eigenvalue weighted by molar-refractivity contribution is -0.120. The summed E-state index contributed by atoms with van der Waals surface area (Å²) in [6.07, 6.45) is 0. The molecule has 1 unspecified atom stereocenters. The number of hydrogen-bond donors (Lipinski definition) is 1. The maximum atomic E-state index is 13.4. The minimum atomic E-state index is -1.01. The lowest BCUT2D eigenvalue weighted by Gasteiger charge is -2.27. The summed E-state index contributed by atoms with van der Waals surface area (Å²) in [4.78, 5) is 42.5. The maximum absolute atomic E-state index is 13.4. The zero-order chi connectivity index (χ0) is 24.2. The van der Waals surface area contributed by atoms with Crippen LogP contribution < -0.4 is 10.9 Å². The zero-order valence-corrected chi connectivity index (χ0v) is 19.6. The van der Waals surface area contributed by atoms with Crippen LogP contribution in [0.2, 0.25) is 0 Å². The molecule has 1 amide bonds. The molecule has 0 spiro atoms. The number of hydrogen-bond acceptors (Lipinski definition) is 7. The van der Waals surface area contributed by atoms with Crippen LogP contribution in [0.15, 0.2) is 58.5 Å². The summed E-state index contributed by atoms with van der Waals surface area (Å²) in [5, 5.41) is 12.8. The van der Waals surface area contributed by atoms with Crippen molar-refractivity contribution in [3.63, 3.8) is 0 Å². The fourth-order valence-electron chi connectivity index (χ4n) is 3.07. The van der Waals surface area contributed by atoms with Gasteiger partial charge in [0, 0.05) is 0 Å². The molecular weight excluding hydrogens is 440 g/mol. The standard InChI is InChI=1S/C24H24N4O4S/c1-15(2)24(3,14-25)27-20(29)13-33-23-26-19-12-16(22(31)32-4)10-11-18(19)21(30)28(23)17-8-6-5-7-9-17/h5-12,15H,13H2,1-4H3,(H,27,29). The fraction of sp³-hybridized carbons (Fsp3) is 0.292. The van der Waals surface area contributed by atoms with E-state index in [2.05, 4.69) is 16.4 Å². The van der Waals surface area contributed by atoms with E-state index in [9.17, 15) is 19.6 Å². The molecule has 0 aliphatic heterocycles. The number of fused-ring (bicyclic) bond motifs is 1. The van der Waals surface area contributed by atoms with E-state index in [0.29, 0.717) is 21.7 Å². The van der Waals surface area contributed by atoms with Crippen LogP contribution >= 0.6 is 11.8 Å². The number of nitrogens with zero attached hydrogens (tertiary/aromatic N) is 3. The average Bonchev–Trinajstić information content (AvgIpc) is 2.82. The molecule has 1 aromatic heterocycles. The first-order valence-corrected chi connectivity index (χ1v) is 11.2. The number of carbonyl (C=O) groups is 2. The predicted molar refractivity (Wildman–Crippen MR) is 126 cm³/mol. The molecule has 1 N–H and O–H groups in total. The molecular formula is C24H24N4O4S. The van der Waals surface area contributed by atoms with E-state index in [0.717, 1.165) is 11.8 Å². The Morgan fingerprint density at radius 1 is 1.24 bits per heavy atom. The number of aromatic nitrogens is 2. The first kappa shape index (κ1) is 24.0. The summed E-state index contributed by atoms with van der Waals surface area (Å²) in [5.74, 6) is -1.03. The molecule has 3 aromatic rings. The van der Waals surface area contributed by atoms with Crippen LogP contribution in [0.3, 0.4) is 0 Å². The number of para-hydroxylation sites is 1. The van der Waals surface area contributed by atoms with E-state index in [-0.39, 0.29) is 28.7 Å². The van der Waals surface area contributed by atoms with Crippen molar-refractivity contribution < 1.29 is 14.3 Å². The molecule has 9 heteroatoms.